The molecule has 3 N–H and O–H groups in total. The van der Waals surface area contributed by atoms with Crippen LogP contribution in [-0.2, 0) is 0 Å². The molecule has 0 aliphatic heterocycles. The van der Waals surface area contributed by atoms with Crippen molar-refractivity contribution in [3.05, 3.63) is 54.1 Å². The summed E-state index contributed by atoms with van der Waals surface area (Å²) in [5.74, 6) is 0.935. The van der Waals surface area contributed by atoms with Crippen molar-refractivity contribution in [1.82, 2.24) is 10.2 Å². The second kappa shape index (κ2) is 5.95. The van der Waals surface area contributed by atoms with Gasteiger partial charge in [0.15, 0.2) is 5.11 Å². The SMILES string of the molecule is Cc1ccc(-c2nnc(-c3cccc(NC(N)=S)c3)o2)cc1. The Morgan fingerprint density at radius 3 is 2.41 bits per heavy atom. The van der Waals surface area contributed by atoms with Crippen molar-refractivity contribution < 1.29 is 4.42 Å². The molecule has 0 fully saturated rings. The van der Waals surface area contributed by atoms with Gasteiger partial charge in [0.2, 0.25) is 11.8 Å². The van der Waals surface area contributed by atoms with E-state index in [-0.39, 0.29) is 5.11 Å². The quantitative estimate of drug-likeness (QED) is 0.722. The first kappa shape index (κ1) is 14.2. The molecule has 0 aliphatic rings. The van der Waals surface area contributed by atoms with E-state index in [0.29, 0.717) is 11.8 Å². The van der Waals surface area contributed by atoms with Gasteiger partial charge >= 0.3 is 0 Å². The molecule has 0 atom stereocenters. The van der Waals surface area contributed by atoms with Crippen LogP contribution in [0.2, 0.25) is 0 Å². The molecular formula is C16H14N4OS. The van der Waals surface area contributed by atoms with Crippen molar-refractivity contribution in [2.24, 2.45) is 5.73 Å². The Hall–Kier alpha value is -2.73. The second-order valence-electron chi connectivity index (χ2n) is 4.85. The van der Waals surface area contributed by atoms with Gasteiger partial charge in [0.1, 0.15) is 0 Å². The van der Waals surface area contributed by atoms with Crippen LogP contribution < -0.4 is 11.1 Å². The number of nitrogens with one attached hydrogen (secondary N) is 1. The summed E-state index contributed by atoms with van der Waals surface area (Å²) in [6.45, 7) is 2.03. The summed E-state index contributed by atoms with van der Waals surface area (Å²) >= 11 is 4.83. The van der Waals surface area contributed by atoms with Gasteiger partial charge in [0.25, 0.3) is 0 Å². The van der Waals surface area contributed by atoms with E-state index in [2.05, 4.69) is 15.5 Å². The van der Waals surface area contributed by atoms with Crippen LogP contribution in [0.4, 0.5) is 5.69 Å². The van der Waals surface area contributed by atoms with Gasteiger partial charge in [-0.1, -0.05) is 23.8 Å². The molecule has 3 aromatic rings. The third-order valence-electron chi connectivity index (χ3n) is 3.10. The van der Waals surface area contributed by atoms with E-state index in [1.807, 2.05) is 55.5 Å². The van der Waals surface area contributed by atoms with Gasteiger partial charge < -0.3 is 15.5 Å². The van der Waals surface area contributed by atoms with E-state index in [1.54, 1.807) is 0 Å². The maximum absolute atomic E-state index is 5.74. The van der Waals surface area contributed by atoms with Crippen LogP contribution in [0.25, 0.3) is 22.9 Å². The molecule has 5 nitrogen and oxygen atoms in total. The maximum Gasteiger partial charge on any atom is 0.248 e. The van der Waals surface area contributed by atoms with Crippen LogP contribution in [0.5, 0.6) is 0 Å². The molecule has 1 heterocycles. The van der Waals surface area contributed by atoms with E-state index < -0.39 is 0 Å². The van der Waals surface area contributed by atoms with Gasteiger partial charge in [-0.2, -0.15) is 0 Å². The number of nitrogens with two attached hydrogens (primary N) is 1. The Morgan fingerprint density at radius 2 is 1.73 bits per heavy atom. The van der Waals surface area contributed by atoms with Crippen LogP contribution in [0.15, 0.2) is 52.9 Å². The average Bonchev–Trinajstić information content (AvgIpc) is 2.97. The smallest absolute Gasteiger partial charge is 0.248 e. The zero-order chi connectivity index (χ0) is 15.5. The highest BCUT2D eigenvalue weighted by molar-refractivity contribution is 7.80. The first-order chi connectivity index (χ1) is 10.6. The van der Waals surface area contributed by atoms with Gasteiger partial charge in [0.05, 0.1) is 0 Å². The van der Waals surface area contributed by atoms with Crippen LogP contribution in [-0.4, -0.2) is 15.3 Å². The van der Waals surface area contributed by atoms with Gasteiger partial charge in [-0.15, -0.1) is 10.2 Å². The lowest BCUT2D eigenvalue weighted by Crippen LogP contribution is -2.18. The van der Waals surface area contributed by atoms with Crippen LogP contribution >= 0.6 is 12.2 Å². The Balaban J connectivity index is 1.90. The number of aryl methyl sites for hydroxylation is 1. The van der Waals surface area contributed by atoms with Crippen LogP contribution in [0.3, 0.4) is 0 Å². The Bertz CT molecular complexity index is 811. The fourth-order valence-electron chi connectivity index (χ4n) is 2.02. The molecule has 0 saturated heterocycles. The molecule has 0 bridgehead atoms. The van der Waals surface area contributed by atoms with Crippen molar-refractivity contribution >= 4 is 23.0 Å². The first-order valence-corrected chi connectivity index (χ1v) is 7.10. The zero-order valence-electron chi connectivity index (χ0n) is 11.9. The van der Waals surface area contributed by atoms with Crippen LogP contribution in [0, 0.1) is 6.92 Å². The summed E-state index contributed by atoms with van der Waals surface area (Å²) < 4.78 is 5.74. The number of anilines is 1. The van der Waals surface area contributed by atoms with Crippen molar-refractivity contribution in [2.45, 2.75) is 6.92 Å². The lowest BCUT2D eigenvalue weighted by Gasteiger charge is -2.04. The summed E-state index contributed by atoms with van der Waals surface area (Å²) in [6.07, 6.45) is 0. The van der Waals surface area contributed by atoms with E-state index in [9.17, 15) is 0 Å². The molecule has 0 unspecified atom stereocenters. The van der Waals surface area contributed by atoms with E-state index in [0.717, 1.165) is 16.8 Å². The molecule has 0 radical (unpaired) electrons. The summed E-state index contributed by atoms with van der Waals surface area (Å²) in [5, 5.41) is 11.3. The third-order valence-corrected chi connectivity index (χ3v) is 3.20. The highest BCUT2D eigenvalue weighted by atomic mass is 32.1. The predicted molar refractivity (Wildman–Crippen MR) is 90.3 cm³/mol. The fraction of sp³-hybridized carbons (Fsp3) is 0.0625. The summed E-state index contributed by atoms with van der Waals surface area (Å²) in [4.78, 5) is 0. The van der Waals surface area contributed by atoms with Crippen molar-refractivity contribution in [3.8, 4) is 22.9 Å². The number of aromatic nitrogens is 2. The number of thiocarbonyl (C=S) groups is 1. The Kier molecular flexibility index (Phi) is 3.84. The standard InChI is InChI=1S/C16H14N4OS/c1-10-5-7-11(8-6-10)14-19-20-15(21-14)12-3-2-4-13(9-12)18-16(17)22/h2-9H,1H3,(H3,17,18,22). The topological polar surface area (TPSA) is 77.0 Å². The second-order valence-corrected chi connectivity index (χ2v) is 5.29. The fourth-order valence-corrected chi connectivity index (χ4v) is 2.14. The van der Waals surface area contributed by atoms with Crippen molar-refractivity contribution in [2.75, 3.05) is 5.32 Å². The molecule has 2 aromatic carbocycles. The molecule has 0 spiro atoms. The molecular weight excluding hydrogens is 296 g/mol. The van der Waals surface area contributed by atoms with Gasteiger partial charge in [0, 0.05) is 16.8 Å². The lowest BCUT2D eigenvalue weighted by molar-refractivity contribution is 0.584. The first-order valence-electron chi connectivity index (χ1n) is 6.69. The minimum Gasteiger partial charge on any atom is -0.416 e. The Labute approximate surface area is 133 Å². The molecule has 3 rings (SSSR count). The lowest BCUT2D eigenvalue weighted by atomic mass is 10.1. The molecule has 0 aliphatic carbocycles. The normalized spacial score (nSPS) is 10.4. The molecule has 0 amide bonds. The minimum absolute atomic E-state index is 0.211. The number of benzene rings is 2. The number of hydrogen-bond acceptors (Lipinski definition) is 4. The summed E-state index contributed by atoms with van der Waals surface area (Å²) in [6, 6.07) is 15.4. The average molecular weight is 310 g/mol. The monoisotopic (exact) mass is 310 g/mol. The number of nitrogens with zero attached hydrogens (tertiary/aromatic N) is 2. The molecule has 110 valence electrons. The summed E-state index contributed by atoms with van der Waals surface area (Å²) in [5.41, 5.74) is 9.12. The van der Waals surface area contributed by atoms with Crippen molar-refractivity contribution in [3.63, 3.8) is 0 Å². The zero-order valence-corrected chi connectivity index (χ0v) is 12.7. The highest BCUT2D eigenvalue weighted by Crippen LogP contribution is 2.25. The number of hydrogen-bond donors (Lipinski definition) is 2. The van der Waals surface area contributed by atoms with Crippen LogP contribution in [0.1, 0.15) is 5.56 Å². The largest absolute Gasteiger partial charge is 0.416 e. The van der Waals surface area contributed by atoms with Crippen molar-refractivity contribution in [1.29, 1.82) is 0 Å². The van der Waals surface area contributed by atoms with E-state index >= 15 is 0 Å². The summed E-state index contributed by atoms with van der Waals surface area (Å²) in [7, 11) is 0. The highest BCUT2D eigenvalue weighted by Gasteiger charge is 2.10. The number of rotatable bonds is 3. The molecule has 6 heteroatoms. The Morgan fingerprint density at radius 1 is 1.05 bits per heavy atom. The molecule has 0 saturated carbocycles. The maximum atomic E-state index is 5.74. The predicted octanol–water partition coefficient (Wildman–Crippen LogP) is 3.37. The third kappa shape index (κ3) is 3.12. The molecule has 1 aromatic heterocycles. The van der Waals surface area contributed by atoms with Gasteiger partial charge in [-0.05, 0) is 49.5 Å². The van der Waals surface area contributed by atoms with E-state index in [4.69, 9.17) is 22.4 Å². The van der Waals surface area contributed by atoms with Gasteiger partial charge in [-0.3, -0.25) is 0 Å². The van der Waals surface area contributed by atoms with E-state index in [1.165, 1.54) is 5.56 Å². The minimum atomic E-state index is 0.211. The molecule has 22 heavy (non-hydrogen) atoms. The van der Waals surface area contributed by atoms with Gasteiger partial charge in [-0.25, -0.2) is 0 Å².